The fraction of sp³-hybridized carbons (Fsp3) is 0.214. The van der Waals surface area contributed by atoms with Crippen LogP contribution in [-0.4, -0.2) is 19.6 Å². The molecule has 2 heterocycles. The Kier molecular flexibility index (Phi) is 2.98. The lowest BCUT2D eigenvalue weighted by Crippen LogP contribution is -2.23. The highest BCUT2D eigenvalue weighted by atomic mass is 16.1. The van der Waals surface area contributed by atoms with Crippen LogP contribution in [0, 0.1) is 0 Å². The van der Waals surface area contributed by atoms with Crippen LogP contribution < -0.4 is 11.3 Å². The average Bonchev–Trinajstić information content (AvgIpc) is 2.81. The van der Waals surface area contributed by atoms with E-state index in [4.69, 9.17) is 5.73 Å². The van der Waals surface area contributed by atoms with E-state index in [0.717, 1.165) is 23.1 Å². The summed E-state index contributed by atoms with van der Waals surface area (Å²) in [5, 5.41) is 9.63. The van der Waals surface area contributed by atoms with Gasteiger partial charge in [-0.05, 0) is 19.1 Å². The van der Waals surface area contributed by atoms with Crippen LogP contribution in [-0.2, 0) is 13.1 Å². The third-order valence-electron chi connectivity index (χ3n) is 3.22. The smallest absolute Gasteiger partial charge is 0.267 e. The number of hydrogen-bond acceptors (Lipinski definition) is 4. The maximum Gasteiger partial charge on any atom is 0.267 e. The van der Waals surface area contributed by atoms with Crippen molar-refractivity contribution in [2.75, 3.05) is 5.73 Å². The molecule has 0 radical (unpaired) electrons. The summed E-state index contributed by atoms with van der Waals surface area (Å²) in [6.45, 7) is 3.13. The second kappa shape index (κ2) is 4.80. The fourth-order valence-corrected chi connectivity index (χ4v) is 2.27. The average molecular weight is 269 g/mol. The maximum absolute atomic E-state index is 11.8. The van der Waals surface area contributed by atoms with E-state index in [2.05, 4.69) is 10.2 Å². The zero-order chi connectivity index (χ0) is 14.1. The number of nitrogens with zero attached hydrogens (tertiary/aromatic N) is 4. The molecule has 2 N–H and O–H groups in total. The largest absolute Gasteiger partial charge is 0.382 e. The Labute approximate surface area is 115 Å². The van der Waals surface area contributed by atoms with E-state index < -0.39 is 0 Å². The van der Waals surface area contributed by atoms with E-state index in [9.17, 15) is 4.79 Å². The first-order chi connectivity index (χ1) is 9.69. The van der Waals surface area contributed by atoms with Gasteiger partial charge < -0.3 is 5.73 Å². The molecule has 0 fully saturated rings. The standard InChI is InChI=1S/C14H15N5O/c1-2-18-12-6-4-3-5-10(12)11(16-18)9-19-14(20)8-7-13(15)17-19/h3-8H,2,9H2,1H3,(H2,15,17). The van der Waals surface area contributed by atoms with Crippen molar-refractivity contribution in [2.45, 2.75) is 20.0 Å². The first kappa shape index (κ1) is 12.4. The Morgan fingerprint density at radius 1 is 1.10 bits per heavy atom. The topological polar surface area (TPSA) is 78.7 Å². The van der Waals surface area contributed by atoms with Gasteiger partial charge in [-0.15, -0.1) is 0 Å². The third kappa shape index (κ3) is 2.05. The molecule has 0 bridgehead atoms. The van der Waals surface area contributed by atoms with Crippen LogP contribution in [0.3, 0.4) is 0 Å². The molecule has 0 atom stereocenters. The minimum atomic E-state index is -0.186. The number of aromatic nitrogens is 4. The molecule has 0 amide bonds. The van der Waals surface area contributed by atoms with Gasteiger partial charge >= 0.3 is 0 Å². The van der Waals surface area contributed by atoms with E-state index in [1.165, 1.54) is 16.8 Å². The molecule has 102 valence electrons. The molecule has 3 aromatic rings. The van der Waals surface area contributed by atoms with Crippen LogP contribution in [0.4, 0.5) is 5.82 Å². The van der Waals surface area contributed by atoms with E-state index in [1.807, 2.05) is 35.9 Å². The van der Waals surface area contributed by atoms with Gasteiger partial charge in [0.2, 0.25) is 0 Å². The van der Waals surface area contributed by atoms with Crippen molar-refractivity contribution in [1.82, 2.24) is 19.6 Å². The minimum Gasteiger partial charge on any atom is -0.382 e. The summed E-state index contributed by atoms with van der Waals surface area (Å²) in [4.78, 5) is 11.8. The lowest BCUT2D eigenvalue weighted by molar-refractivity contribution is 0.606. The van der Waals surface area contributed by atoms with Crippen LogP contribution >= 0.6 is 0 Å². The normalized spacial score (nSPS) is 11.1. The van der Waals surface area contributed by atoms with Crippen molar-refractivity contribution >= 4 is 16.7 Å². The van der Waals surface area contributed by atoms with Crippen molar-refractivity contribution in [3.05, 3.63) is 52.4 Å². The summed E-state index contributed by atoms with van der Waals surface area (Å²) >= 11 is 0. The second-order valence-electron chi connectivity index (χ2n) is 4.53. The number of nitrogen functional groups attached to an aromatic ring is 1. The van der Waals surface area contributed by atoms with Gasteiger partial charge in [0.15, 0.2) is 0 Å². The van der Waals surface area contributed by atoms with Crippen LogP contribution in [0.5, 0.6) is 0 Å². The summed E-state index contributed by atoms with van der Waals surface area (Å²) in [5.74, 6) is 0.323. The van der Waals surface area contributed by atoms with Gasteiger partial charge in [-0.25, -0.2) is 4.68 Å². The Hall–Kier alpha value is -2.63. The summed E-state index contributed by atoms with van der Waals surface area (Å²) in [6.07, 6.45) is 0. The summed E-state index contributed by atoms with van der Waals surface area (Å²) < 4.78 is 3.26. The third-order valence-corrected chi connectivity index (χ3v) is 3.22. The van der Waals surface area contributed by atoms with Crippen LogP contribution in [0.15, 0.2) is 41.2 Å². The van der Waals surface area contributed by atoms with Gasteiger partial charge in [-0.1, -0.05) is 18.2 Å². The predicted octanol–water partition coefficient (Wildman–Crippen LogP) is 1.24. The summed E-state index contributed by atoms with van der Waals surface area (Å²) in [7, 11) is 0. The van der Waals surface area contributed by atoms with E-state index in [-0.39, 0.29) is 5.56 Å². The van der Waals surface area contributed by atoms with Crippen molar-refractivity contribution in [1.29, 1.82) is 0 Å². The minimum absolute atomic E-state index is 0.186. The highest BCUT2D eigenvalue weighted by molar-refractivity contribution is 5.81. The molecule has 6 nitrogen and oxygen atoms in total. The number of para-hydroxylation sites is 1. The molecule has 3 rings (SSSR count). The first-order valence-corrected chi connectivity index (χ1v) is 6.47. The quantitative estimate of drug-likeness (QED) is 0.776. The number of rotatable bonds is 3. The maximum atomic E-state index is 11.8. The molecule has 2 aromatic heterocycles. The zero-order valence-corrected chi connectivity index (χ0v) is 11.2. The first-order valence-electron chi connectivity index (χ1n) is 6.47. The van der Waals surface area contributed by atoms with Crippen molar-refractivity contribution < 1.29 is 0 Å². The van der Waals surface area contributed by atoms with Crippen LogP contribution in [0.25, 0.3) is 10.9 Å². The number of benzene rings is 1. The van der Waals surface area contributed by atoms with Gasteiger partial charge in [0, 0.05) is 18.0 Å². The molecule has 0 aliphatic carbocycles. The van der Waals surface area contributed by atoms with Crippen molar-refractivity contribution in [3.63, 3.8) is 0 Å². The lowest BCUT2D eigenvalue weighted by atomic mass is 10.2. The molecule has 0 spiro atoms. The van der Waals surface area contributed by atoms with Crippen LogP contribution in [0.2, 0.25) is 0 Å². The molecule has 20 heavy (non-hydrogen) atoms. The summed E-state index contributed by atoms with van der Waals surface area (Å²) in [5.41, 5.74) is 7.32. The molecular formula is C14H15N5O. The molecule has 0 saturated carbocycles. The molecule has 0 aliphatic rings. The number of fused-ring (bicyclic) bond motifs is 1. The van der Waals surface area contributed by atoms with Gasteiger partial charge in [-0.2, -0.15) is 10.2 Å². The molecular weight excluding hydrogens is 254 g/mol. The fourth-order valence-electron chi connectivity index (χ4n) is 2.27. The SMILES string of the molecule is CCn1nc(Cn2nc(N)ccc2=O)c2ccccc21. The number of hydrogen-bond donors (Lipinski definition) is 1. The van der Waals surface area contributed by atoms with Gasteiger partial charge in [-0.3, -0.25) is 9.48 Å². The van der Waals surface area contributed by atoms with Crippen molar-refractivity contribution in [3.8, 4) is 0 Å². The Balaban J connectivity index is 2.11. The van der Waals surface area contributed by atoms with Crippen molar-refractivity contribution in [2.24, 2.45) is 0 Å². The zero-order valence-electron chi connectivity index (χ0n) is 11.2. The number of nitrogens with two attached hydrogens (primary N) is 1. The second-order valence-corrected chi connectivity index (χ2v) is 4.53. The van der Waals surface area contributed by atoms with Crippen LogP contribution in [0.1, 0.15) is 12.6 Å². The monoisotopic (exact) mass is 269 g/mol. The highest BCUT2D eigenvalue weighted by Crippen LogP contribution is 2.18. The number of aryl methyl sites for hydroxylation is 1. The van der Waals surface area contributed by atoms with E-state index >= 15 is 0 Å². The van der Waals surface area contributed by atoms with Gasteiger partial charge in [0.1, 0.15) is 5.82 Å². The molecule has 0 unspecified atom stereocenters. The Morgan fingerprint density at radius 2 is 1.90 bits per heavy atom. The summed E-state index contributed by atoms with van der Waals surface area (Å²) in [6, 6.07) is 10.9. The highest BCUT2D eigenvalue weighted by Gasteiger charge is 2.10. The number of anilines is 1. The van der Waals surface area contributed by atoms with Gasteiger partial charge in [0.25, 0.3) is 5.56 Å². The molecule has 0 aliphatic heterocycles. The molecule has 0 saturated heterocycles. The van der Waals surface area contributed by atoms with E-state index in [1.54, 1.807) is 0 Å². The molecule has 6 heteroatoms. The molecule has 1 aromatic carbocycles. The Morgan fingerprint density at radius 3 is 2.70 bits per heavy atom. The van der Waals surface area contributed by atoms with E-state index in [0.29, 0.717) is 12.4 Å². The lowest BCUT2D eigenvalue weighted by Gasteiger charge is -2.02. The predicted molar refractivity (Wildman–Crippen MR) is 77.4 cm³/mol. The van der Waals surface area contributed by atoms with Gasteiger partial charge in [0.05, 0.1) is 17.8 Å². The Bertz CT molecular complexity index is 818.